The molecule has 7 heteroatoms. The van der Waals surface area contributed by atoms with E-state index in [0.717, 1.165) is 18.6 Å². The van der Waals surface area contributed by atoms with E-state index in [1.165, 1.54) is 31.4 Å². The summed E-state index contributed by atoms with van der Waals surface area (Å²) in [5, 5.41) is 0. The summed E-state index contributed by atoms with van der Waals surface area (Å²) in [6, 6.07) is 6.34. The van der Waals surface area contributed by atoms with Gasteiger partial charge in [0.2, 0.25) is 0 Å². The molecule has 0 fully saturated rings. The molecular formula is C17H28O6S. The fourth-order valence-electron chi connectivity index (χ4n) is 1.89. The van der Waals surface area contributed by atoms with Crippen LogP contribution in [0.15, 0.2) is 29.2 Å². The molecule has 0 radical (unpaired) electrons. The molecule has 0 saturated heterocycles. The summed E-state index contributed by atoms with van der Waals surface area (Å²) in [5.74, 6) is 0. The second kappa shape index (κ2) is 12.4. The highest BCUT2D eigenvalue weighted by atomic mass is 32.2. The Hall–Kier alpha value is -0.990. The summed E-state index contributed by atoms with van der Waals surface area (Å²) >= 11 is 0. The number of benzene rings is 1. The van der Waals surface area contributed by atoms with Gasteiger partial charge in [-0.1, -0.05) is 43.9 Å². The molecule has 1 rings (SSSR count). The van der Waals surface area contributed by atoms with Crippen molar-refractivity contribution < 1.29 is 27.1 Å². The largest absolute Gasteiger partial charge is 0.379 e. The second-order valence-electron chi connectivity index (χ2n) is 5.44. The first-order valence-electron chi connectivity index (χ1n) is 8.34. The Balaban J connectivity index is 2.01. The Kier molecular flexibility index (Phi) is 10.9. The van der Waals surface area contributed by atoms with Gasteiger partial charge in [0, 0.05) is 6.61 Å². The van der Waals surface area contributed by atoms with E-state index < -0.39 is 10.1 Å². The van der Waals surface area contributed by atoms with E-state index in [9.17, 15) is 8.42 Å². The van der Waals surface area contributed by atoms with Crippen molar-refractivity contribution in [1.29, 1.82) is 0 Å². The zero-order chi connectivity index (χ0) is 17.7. The Morgan fingerprint density at radius 3 is 2.12 bits per heavy atom. The third-order valence-electron chi connectivity index (χ3n) is 3.27. The van der Waals surface area contributed by atoms with Crippen LogP contribution >= 0.6 is 0 Å². The maximum absolute atomic E-state index is 11.8. The second-order valence-corrected chi connectivity index (χ2v) is 6.96. The molecule has 0 bridgehead atoms. The highest BCUT2D eigenvalue weighted by molar-refractivity contribution is 7.86. The van der Waals surface area contributed by atoms with E-state index in [0.29, 0.717) is 13.2 Å². The molecule has 0 atom stereocenters. The molecule has 0 aliphatic carbocycles. The average Bonchev–Trinajstić information content (AvgIpc) is 2.56. The van der Waals surface area contributed by atoms with Gasteiger partial charge in [0.05, 0.1) is 24.7 Å². The summed E-state index contributed by atoms with van der Waals surface area (Å²) in [7, 11) is -3.89. The number of unbranched alkanes of at least 4 members (excludes halogenated alkanes) is 3. The lowest BCUT2D eigenvalue weighted by atomic mass is 10.2. The van der Waals surface area contributed by atoms with Gasteiger partial charge in [-0.15, -0.1) is 4.33 Å². The lowest BCUT2D eigenvalue weighted by Crippen LogP contribution is -2.13. The van der Waals surface area contributed by atoms with Gasteiger partial charge in [0.25, 0.3) is 0 Å². The first-order chi connectivity index (χ1) is 11.6. The molecule has 6 nitrogen and oxygen atoms in total. The van der Waals surface area contributed by atoms with Crippen molar-refractivity contribution in [2.45, 2.75) is 44.4 Å². The Bertz CT molecular complexity index is 527. The van der Waals surface area contributed by atoms with Crippen molar-refractivity contribution in [2.24, 2.45) is 0 Å². The van der Waals surface area contributed by atoms with Gasteiger partial charge in [-0.3, -0.25) is 0 Å². The molecule has 24 heavy (non-hydrogen) atoms. The van der Waals surface area contributed by atoms with Crippen LogP contribution in [0.2, 0.25) is 0 Å². The molecule has 0 N–H and O–H groups in total. The molecule has 0 saturated carbocycles. The van der Waals surface area contributed by atoms with Crippen molar-refractivity contribution in [3.63, 3.8) is 0 Å². The van der Waals surface area contributed by atoms with Crippen molar-refractivity contribution in [3.8, 4) is 0 Å². The molecular weight excluding hydrogens is 332 g/mol. The van der Waals surface area contributed by atoms with Crippen LogP contribution in [0.1, 0.15) is 38.2 Å². The van der Waals surface area contributed by atoms with Crippen LogP contribution in [-0.2, 0) is 28.8 Å². The fourth-order valence-corrected chi connectivity index (χ4v) is 2.63. The van der Waals surface area contributed by atoms with Crippen molar-refractivity contribution >= 4 is 10.1 Å². The summed E-state index contributed by atoms with van der Waals surface area (Å²) in [6.45, 7) is 6.03. The van der Waals surface area contributed by atoms with Crippen LogP contribution in [0, 0.1) is 6.92 Å². The smallest absolute Gasteiger partial charge is 0.323 e. The predicted molar refractivity (Wildman–Crippen MR) is 91.2 cm³/mol. The van der Waals surface area contributed by atoms with Crippen LogP contribution in [-0.4, -0.2) is 41.5 Å². The van der Waals surface area contributed by atoms with Crippen molar-refractivity contribution in [2.75, 3.05) is 33.0 Å². The van der Waals surface area contributed by atoms with Gasteiger partial charge in [-0.05, 0) is 25.5 Å². The van der Waals surface area contributed by atoms with Gasteiger partial charge in [0.15, 0.2) is 0 Å². The Labute approximate surface area is 145 Å². The van der Waals surface area contributed by atoms with Crippen LogP contribution in [0.3, 0.4) is 0 Å². The van der Waals surface area contributed by atoms with E-state index in [1.807, 2.05) is 6.92 Å². The van der Waals surface area contributed by atoms with E-state index in [2.05, 4.69) is 11.3 Å². The highest BCUT2D eigenvalue weighted by Crippen LogP contribution is 2.13. The third kappa shape index (κ3) is 9.34. The van der Waals surface area contributed by atoms with Gasteiger partial charge >= 0.3 is 10.1 Å². The number of hydrogen-bond donors (Lipinski definition) is 0. The minimum absolute atomic E-state index is 0.0294. The number of hydrogen-bond acceptors (Lipinski definition) is 6. The average molecular weight is 360 g/mol. The van der Waals surface area contributed by atoms with Gasteiger partial charge in [0.1, 0.15) is 6.61 Å². The first kappa shape index (κ1) is 21.1. The predicted octanol–water partition coefficient (Wildman–Crippen LogP) is 3.25. The maximum atomic E-state index is 11.8. The van der Waals surface area contributed by atoms with Crippen molar-refractivity contribution in [3.05, 3.63) is 29.8 Å². The quantitative estimate of drug-likeness (QED) is 0.288. The molecule has 0 aromatic heterocycles. The third-order valence-corrected chi connectivity index (χ3v) is 4.40. The Morgan fingerprint density at radius 2 is 1.46 bits per heavy atom. The lowest BCUT2D eigenvalue weighted by Gasteiger charge is -2.07. The first-order valence-corrected chi connectivity index (χ1v) is 9.75. The summed E-state index contributed by atoms with van der Waals surface area (Å²) < 4.78 is 38.8. The summed E-state index contributed by atoms with van der Waals surface area (Å²) in [5.41, 5.74) is 0.968. The Morgan fingerprint density at radius 1 is 0.833 bits per heavy atom. The summed E-state index contributed by atoms with van der Waals surface area (Å²) in [4.78, 5) is 4.76. The van der Waals surface area contributed by atoms with Crippen LogP contribution in [0.25, 0.3) is 0 Å². The zero-order valence-electron chi connectivity index (χ0n) is 14.5. The van der Waals surface area contributed by atoms with Crippen LogP contribution < -0.4 is 0 Å². The monoisotopic (exact) mass is 360 g/mol. The zero-order valence-corrected chi connectivity index (χ0v) is 15.3. The number of ether oxygens (including phenoxy) is 2. The normalized spacial score (nSPS) is 11.8. The number of aryl methyl sites for hydroxylation is 1. The van der Waals surface area contributed by atoms with Crippen LogP contribution in [0.4, 0.5) is 0 Å². The van der Waals surface area contributed by atoms with Gasteiger partial charge in [-0.25, -0.2) is 4.89 Å². The standard InChI is InChI=1S/C17H28O6S/c1-3-4-5-6-11-20-12-13-21-14-15-22-23-24(18,19)17-9-7-16(2)8-10-17/h7-10H,3-6,11-15H2,1-2H3. The molecule has 0 unspecified atom stereocenters. The van der Waals surface area contributed by atoms with E-state index in [1.54, 1.807) is 12.1 Å². The number of rotatable bonds is 14. The molecule has 0 aliphatic heterocycles. The molecule has 0 heterocycles. The lowest BCUT2D eigenvalue weighted by molar-refractivity contribution is -0.210. The van der Waals surface area contributed by atoms with Crippen LogP contribution in [0.5, 0.6) is 0 Å². The van der Waals surface area contributed by atoms with Crippen molar-refractivity contribution in [1.82, 2.24) is 0 Å². The molecule has 138 valence electrons. The molecule has 1 aromatic rings. The minimum Gasteiger partial charge on any atom is -0.379 e. The van der Waals surface area contributed by atoms with E-state index in [4.69, 9.17) is 14.4 Å². The summed E-state index contributed by atoms with van der Waals surface area (Å²) in [6.07, 6.45) is 4.72. The van der Waals surface area contributed by atoms with Gasteiger partial charge in [-0.2, -0.15) is 8.42 Å². The van der Waals surface area contributed by atoms with E-state index in [-0.39, 0.29) is 18.1 Å². The highest BCUT2D eigenvalue weighted by Gasteiger charge is 2.15. The topological polar surface area (TPSA) is 71.1 Å². The minimum atomic E-state index is -3.89. The maximum Gasteiger partial charge on any atom is 0.323 e. The SMILES string of the molecule is CCCCCCOCCOCCOOS(=O)(=O)c1ccc(C)cc1. The molecule has 0 spiro atoms. The van der Waals surface area contributed by atoms with E-state index >= 15 is 0 Å². The van der Waals surface area contributed by atoms with Gasteiger partial charge < -0.3 is 9.47 Å². The molecule has 0 aliphatic rings. The fraction of sp³-hybridized carbons (Fsp3) is 0.647. The molecule has 1 aromatic carbocycles. The molecule has 0 amide bonds.